The summed E-state index contributed by atoms with van der Waals surface area (Å²) in [5.41, 5.74) is 0. The summed E-state index contributed by atoms with van der Waals surface area (Å²) in [6.45, 7) is 1.51. The molecule has 0 bridgehead atoms. The Morgan fingerprint density at radius 2 is 1.80 bits per heavy atom. The number of amides is 1. The molecule has 5 nitrogen and oxygen atoms in total. The van der Waals surface area contributed by atoms with Crippen molar-refractivity contribution < 1.29 is 13.6 Å². The molecule has 0 radical (unpaired) electrons. The van der Waals surface area contributed by atoms with Crippen molar-refractivity contribution in [1.29, 1.82) is 0 Å². The fourth-order valence-corrected chi connectivity index (χ4v) is 1.82. The van der Waals surface area contributed by atoms with Gasteiger partial charge in [-0.25, -0.2) is 0 Å². The summed E-state index contributed by atoms with van der Waals surface area (Å²) < 4.78 is 10.6. The average molecular weight is 272 g/mol. The number of rotatable bonds is 7. The molecule has 0 saturated carbocycles. The Morgan fingerprint density at radius 1 is 1.20 bits per heavy atom. The Balaban J connectivity index is 1.96. The third kappa shape index (κ3) is 4.34. The standard InChI is InChI=1S/C15H16N2O3/c1-2-7-16-15(18)12-17(10-13-5-3-8-19-13)11-14-6-4-9-20-14/h1,3-6,8-9H,7,10-12H2,(H,16,18). The monoisotopic (exact) mass is 272 g/mol. The summed E-state index contributed by atoms with van der Waals surface area (Å²) in [5, 5.41) is 2.64. The Labute approximate surface area is 117 Å². The highest BCUT2D eigenvalue weighted by molar-refractivity contribution is 5.78. The van der Waals surface area contributed by atoms with Crippen LogP contribution < -0.4 is 5.32 Å². The number of hydrogen-bond acceptors (Lipinski definition) is 4. The molecule has 0 fully saturated rings. The summed E-state index contributed by atoms with van der Waals surface area (Å²) in [4.78, 5) is 13.7. The van der Waals surface area contributed by atoms with Crippen molar-refractivity contribution in [2.75, 3.05) is 13.1 Å². The first-order valence-corrected chi connectivity index (χ1v) is 6.25. The van der Waals surface area contributed by atoms with Gasteiger partial charge in [0.2, 0.25) is 5.91 Å². The van der Waals surface area contributed by atoms with Gasteiger partial charge in [-0.3, -0.25) is 9.69 Å². The molecule has 0 aliphatic heterocycles. The van der Waals surface area contributed by atoms with E-state index in [1.807, 2.05) is 29.2 Å². The maximum absolute atomic E-state index is 11.8. The highest BCUT2D eigenvalue weighted by Crippen LogP contribution is 2.10. The first-order valence-electron chi connectivity index (χ1n) is 6.25. The maximum atomic E-state index is 11.8. The van der Waals surface area contributed by atoms with Crippen molar-refractivity contribution in [2.45, 2.75) is 13.1 Å². The zero-order chi connectivity index (χ0) is 14.2. The number of hydrogen-bond donors (Lipinski definition) is 1. The Kier molecular flexibility index (Phi) is 5.04. The molecule has 0 aliphatic rings. The predicted octanol–water partition coefficient (Wildman–Crippen LogP) is 1.62. The van der Waals surface area contributed by atoms with E-state index in [1.165, 1.54) is 0 Å². The summed E-state index contributed by atoms with van der Waals surface area (Å²) in [7, 11) is 0. The molecular weight excluding hydrogens is 256 g/mol. The van der Waals surface area contributed by atoms with Gasteiger partial charge in [-0.05, 0) is 24.3 Å². The van der Waals surface area contributed by atoms with E-state index in [2.05, 4.69) is 11.2 Å². The first kappa shape index (κ1) is 14.0. The van der Waals surface area contributed by atoms with Crippen LogP contribution in [0.15, 0.2) is 45.6 Å². The van der Waals surface area contributed by atoms with Crippen LogP contribution in [-0.4, -0.2) is 23.9 Å². The second-order valence-corrected chi connectivity index (χ2v) is 4.28. The molecule has 0 unspecified atom stereocenters. The van der Waals surface area contributed by atoms with Gasteiger partial charge < -0.3 is 14.2 Å². The fraction of sp³-hybridized carbons (Fsp3) is 0.267. The molecule has 0 saturated heterocycles. The fourth-order valence-electron chi connectivity index (χ4n) is 1.82. The van der Waals surface area contributed by atoms with Gasteiger partial charge in [0.1, 0.15) is 11.5 Å². The molecule has 2 aromatic heterocycles. The van der Waals surface area contributed by atoms with Gasteiger partial charge >= 0.3 is 0 Å². The van der Waals surface area contributed by atoms with Crippen molar-refractivity contribution in [1.82, 2.24) is 10.2 Å². The lowest BCUT2D eigenvalue weighted by atomic mass is 10.3. The van der Waals surface area contributed by atoms with Crippen molar-refractivity contribution in [3.05, 3.63) is 48.3 Å². The first-order chi connectivity index (χ1) is 9.78. The van der Waals surface area contributed by atoms with Crippen LogP contribution in [-0.2, 0) is 17.9 Å². The minimum atomic E-state index is -0.124. The van der Waals surface area contributed by atoms with Crippen LogP contribution in [0.2, 0.25) is 0 Å². The molecule has 104 valence electrons. The van der Waals surface area contributed by atoms with E-state index in [0.29, 0.717) is 13.1 Å². The lowest BCUT2D eigenvalue weighted by Gasteiger charge is -2.19. The third-order valence-corrected chi connectivity index (χ3v) is 2.67. The molecule has 0 aliphatic carbocycles. The summed E-state index contributed by atoms with van der Waals surface area (Å²) in [6, 6.07) is 7.38. The highest BCUT2D eigenvalue weighted by atomic mass is 16.3. The third-order valence-electron chi connectivity index (χ3n) is 2.67. The van der Waals surface area contributed by atoms with Crippen molar-refractivity contribution >= 4 is 5.91 Å². The van der Waals surface area contributed by atoms with Gasteiger partial charge in [-0.15, -0.1) is 6.42 Å². The van der Waals surface area contributed by atoms with Crippen LogP contribution in [0.4, 0.5) is 0 Å². The van der Waals surface area contributed by atoms with Gasteiger partial charge in [0.15, 0.2) is 0 Å². The lowest BCUT2D eigenvalue weighted by Crippen LogP contribution is -2.36. The van der Waals surface area contributed by atoms with Gasteiger partial charge in [-0.1, -0.05) is 5.92 Å². The van der Waals surface area contributed by atoms with E-state index in [1.54, 1.807) is 12.5 Å². The molecule has 0 aromatic carbocycles. The van der Waals surface area contributed by atoms with E-state index in [0.717, 1.165) is 11.5 Å². The molecule has 5 heteroatoms. The van der Waals surface area contributed by atoms with Crippen molar-refractivity contribution in [3.63, 3.8) is 0 Å². The smallest absolute Gasteiger partial charge is 0.234 e. The van der Waals surface area contributed by atoms with E-state index in [-0.39, 0.29) is 19.0 Å². The van der Waals surface area contributed by atoms with E-state index >= 15 is 0 Å². The van der Waals surface area contributed by atoms with Gasteiger partial charge in [-0.2, -0.15) is 0 Å². The number of furan rings is 2. The van der Waals surface area contributed by atoms with Crippen LogP contribution in [0.25, 0.3) is 0 Å². The molecule has 0 spiro atoms. The van der Waals surface area contributed by atoms with Crippen molar-refractivity contribution in [2.24, 2.45) is 0 Å². The SMILES string of the molecule is C#CCNC(=O)CN(Cc1ccco1)Cc1ccco1. The largest absolute Gasteiger partial charge is 0.468 e. The summed E-state index contributed by atoms with van der Waals surface area (Å²) >= 11 is 0. The van der Waals surface area contributed by atoms with Gasteiger partial charge in [0, 0.05) is 0 Å². The van der Waals surface area contributed by atoms with E-state index < -0.39 is 0 Å². The van der Waals surface area contributed by atoms with Crippen LogP contribution in [0, 0.1) is 12.3 Å². The average Bonchev–Trinajstić information content (AvgIpc) is 3.09. The number of carbonyl (C=O) groups is 1. The zero-order valence-corrected chi connectivity index (χ0v) is 11.0. The minimum Gasteiger partial charge on any atom is -0.468 e. The minimum absolute atomic E-state index is 0.124. The van der Waals surface area contributed by atoms with Crippen molar-refractivity contribution in [3.8, 4) is 12.3 Å². The molecule has 1 amide bonds. The topological polar surface area (TPSA) is 58.6 Å². The molecule has 2 rings (SSSR count). The van der Waals surface area contributed by atoms with E-state index in [4.69, 9.17) is 15.3 Å². The number of carbonyl (C=O) groups excluding carboxylic acids is 1. The quantitative estimate of drug-likeness (QED) is 0.778. The van der Waals surface area contributed by atoms with Gasteiger partial charge in [0.25, 0.3) is 0 Å². The molecule has 1 N–H and O–H groups in total. The van der Waals surface area contributed by atoms with Crippen LogP contribution in [0.1, 0.15) is 11.5 Å². The summed E-state index contributed by atoms with van der Waals surface area (Å²) in [5.74, 6) is 3.84. The van der Waals surface area contributed by atoms with Crippen LogP contribution >= 0.6 is 0 Å². The molecule has 2 heterocycles. The zero-order valence-electron chi connectivity index (χ0n) is 11.0. The maximum Gasteiger partial charge on any atom is 0.234 e. The molecule has 2 aromatic rings. The van der Waals surface area contributed by atoms with Crippen LogP contribution in [0.5, 0.6) is 0 Å². The number of nitrogens with zero attached hydrogens (tertiary/aromatic N) is 1. The lowest BCUT2D eigenvalue weighted by molar-refractivity contribution is -0.122. The predicted molar refractivity (Wildman–Crippen MR) is 73.4 cm³/mol. The molecular formula is C15H16N2O3. The second-order valence-electron chi connectivity index (χ2n) is 4.28. The second kappa shape index (κ2) is 7.22. The Hall–Kier alpha value is -2.45. The molecule has 20 heavy (non-hydrogen) atoms. The van der Waals surface area contributed by atoms with Gasteiger partial charge in [0.05, 0.1) is 38.7 Å². The summed E-state index contributed by atoms with van der Waals surface area (Å²) in [6.07, 6.45) is 8.34. The Bertz CT molecular complexity index is 516. The highest BCUT2D eigenvalue weighted by Gasteiger charge is 2.14. The molecule has 0 atom stereocenters. The number of terminal acetylenes is 1. The van der Waals surface area contributed by atoms with Crippen LogP contribution in [0.3, 0.4) is 0 Å². The number of nitrogens with one attached hydrogen (secondary N) is 1. The Morgan fingerprint density at radius 3 is 2.25 bits per heavy atom. The normalized spacial score (nSPS) is 10.4. The van der Waals surface area contributed by atoms with E-state index in [9.17, 15) is 4.79 Å².